The van der Waals surface area contributed by atoms with Gasteiger partial charge in [0.05, 0.1) is 0 Å². The Morgan fingerprint density at radius 1 is 0.918 bits per heavy atom. The topological polar surface area (TPSA) is 86.8 Å². The van der Waals surface area contributed by atoms with Crippen molar-refractivity contribution in [2.45, 2.75) is 120 Å². The van der Waals surface area contributed by atoms with Gasteiger partial charge < -0.3 is 25.0 Å². The number of unbranched alkanes of at least 4 members (excludes halogenated alkanes) is 2. The van der Waals surface area contributed by atoms with E-state index in [1.54, 1.807) is 0 Å². The highest BCUT2D eigenvalue weighted by molar-refractivity contribution is 5.76. The van der Waals surface area contributed by atoms with Crippen LogP contribution in [-0.4, -0.2) is 111 Å². The second-order valence-corrected chi connectivity index (χ2v) is 16.1. The van der Waals surface area contributed by atoms with E-state index in [0.29, 0.717) is 41.8 Å². The van der Waals surface area contributed by atoms with Gasteiger partial charge in [-0.25, -0.2) is 0 Å². The molecule has 2 unspecified atom stereocenters. The first-order valence-electron chi connectivity index (χ1n) is 19.5. The minimum atomic E-state index is 0.104. The van der Waals surface area contributed by atoms with Crippen molar-refractivity contribution in [3.05, 3.63) is 47.5 Å². The zero-order valence-electron chi connectivity index (χ0n) is 30.0. The Morgan fingerprint density at radius 3 is 2.27 bits per heavy atom. The molecular formula is C40H60N8O. The summed E-state index contributed by atoms with van der Waals surface area (Å²) in [5.41, 5.74) is 8.22. The maximum Gasteiger partial charge on any atom is 0.223 e. The quantitative estimate of drug-likeness (QED) is 0.234. The summed E-state index contributed by atoms with van der Waals surface area (Å²) < 4.78 is 2.55. The number of benzene rings is 1. The predicted octanol–water partition coefficient (Wildman–Crippen LogP) is 5.14. The molecule has 2 bridgehead atoms. The highest BCUT2D eigenvalue weighted by Gasteiger charge is 2.49. The van der Waals surface area contributed by atoms with Crippen LogP contribution in [0.4, 0.5) is 0 Å². The van der Waals surface area contributed by atoms with Gasteiger partial charge in [0.25, 0.3) is 0 Å². The zero-order chi connectivity index (χ0) is 33.8. The first-order chi connectivity index (χ1) is 23.9. The lowest BCUT2D eigenvalue weighted by Crippen LogP contribution is -2.50. The first-order valence-corrected chi connectivity index (χ1v) is 19.5. The SMILES string of the molecule is C#CCCCCN1CCN(CCC(=O)N2CCC3(CC2)CC(c2nnc(C)n2C2CC4CCC(C2)N4CC[C@H](N)c2ccccc2)C3)CC1. The van der Waals surface area contributed by atoms with E-state index in [4.69, 9.17) is 17.3 Å². The molecule has 1 amide bonds. The fourth-order valence-corrected chi connectivity index (χ4v) is 10.1. The summed E-state index contributed by atoms with van der Waals surface area (Å²) >= 11 is 0. The van der Waals surface area contributed by atoms with Crippen molar-refractivity contribution in [3.8, 4) is 12.3 Å². The standard InChI is InChI=1S/C40H60N8O/c1-3-4-5-9-18-44-23-25-45(26-24-44)19-15-38(49)46-21-16-40(17-22-46)29-33(30-40)39-43-42-31(2)48(39)36-27-34-12-13-35(28-36)47(34)20-14-37(41)32-10-7-6-8-11-32/h1,6-8,10-11,33-37H,4-5,9,12-30,41H2,2H3/t34?,35?,36?,37-/m0/s1. The number of likely N-dealkylation sites (tertiary alicyclic amines) is 1. The van der Waals surface area contributed by atoms with Crippen molar-refractivity contribution < 1.29 is 4.79 Å². The molecule has 5 aliphatic rings. The minimum absolute atomic E-state index is 0.104. The molecule has 1 saturated carbocycles. The predicted molar refractivity (Wildman–Crippen MR) is 195 cm³/mol. The van der Waals surface area contributed by atoms with Crippen LogP contribution in [0.5, 0.6) is 0 Å². The number of nitrogens with zero attached hydrogens (tertiary/aromatic N) is 7. The van der Waals surface area contributed by atoms with Crippen LogP contribution in [0.15, 0.2) is 30.3 Å². The number of carbonyl (C=O) groups is 1. The average Bonchev–Trinajstić information content (AvgIpc) is 3.61. The Kier molecular flexibility index (Phi) is 11.1. The Hall–Kier alpha value is -2.77. The van der Waals surface area contributed by atoms with Crippen LogP contribution in [0.25, 0.3) is 0 Å². The Labute approximate surface area is 295 Å². The number of carbonyl (C=O) groups excluding carboxylic acids is 1. The van der Waals surface area contributed by atoms with E-state index < -0.39 is 0 Å². The summed E-state index contributed by atoms with van der Waals surface area (Å²) in [7, 11) is 0. The zero-order valence-corrected chi connectivity index (χ0v) is 30.0. The maximum absolute atomic E-state index is 13.2. The lowest BCUT2D eigenvalue weighted by atomic mass is 9.57. The van der Waals surface area contributed by atoms with E-state index in [0.717, 1.165) is 96.8 Å². The summed E-state index contributed by atoms with van der Waals surface area (Å²) in [5.74, 6) is 5.91. The molecule has 2 aromatic rings. The molecule has 5 fully saturated rings. The van der Waals surface area contributed by atoms with Gasteiger partial charge >= 0.3 is 0 Å². The van der Waals surface area contributed by atoms with E-state index in [2.05, 4.69) is 72.4 Å². The van der Waals surface area contributed by atoms with E-state index >= 15 is 0 Å². The van der Waals surface area contributed by atoms with Crippen LogP contribution < -0.4 is 5.73 Å². The van der Waals surface area contributed by atoms with Gasteiger partial charge in [0.1, 0.15) is 11.6 Å². The molecule has 5 heterocycles. The van der Waals surface area contributed by atoms with Crippen LogP contribution in [0, 0.1) is 24.7 Å². The van der Waals surface area contributed by atoms with Crippen molar-refractivity contribution >= 4 is 5.91 Å². The third kappa shape index (κ3) is 7.93. The van der Waals surface area contributed by atoms with Crippen LogP contribution in [0.1, 0.15) is 119 Å². The summed E-state index contributed by atoms with van der Waals surface area (Å²) in [6.07, 6.45) is 19.9. The number of rotatable bonds is 13. The van der Waals surface area contributed by atoms with Gasteiger partial charge in [0.2, 0.25) is 5.91 Å². The molecule has 0 radical (unpaired) electrons. The van der Waals surface area contributed by atoms with Crippen LogP contribution in [-0.2, 0) is 4.79 Å². The van der Waals surface area contributed by atoms with Crippen LogP contribution in [0.2, 0.25) is 0 Å². The van der Waals surface area contributed by atoms with Crippen LogP contribution >= 0.6 is 0 Å². The number of hydrogen-bond donors (Lipinski definition) is 1. The normalized spacial score (nSPS) is 26.9. The van der Waals surface area contributed by atoms with Gasteiger partial charge in [-0.05, 0) is 95.1 Å². The molecular weight excluding hydrogens is 608 g/mol. The molecule has 3 atom stereocenters. The van der Waals surface area contributed by atoms with Crippen molar-refractivity contribution in [2.24, 2.45) is 11.1 Å². The van der Waals surface area contributed by atoms with Gasteiger partial charge in [-0.15, -0.1) is 22.5 Å². The van der Waals surface area contributed by atoms with Crippen molar-refractivity contribution in [3.63, 3.8) is 0 Å². The van der Waals surface area contributed by atoms with Gasteiger partial charge in [-0.3, -0.25) is 9.69 Å². The molecule has 266 valence electrons. The summed E-state index contributed by atoms with van der Waals surface area (Å²) in [6, 6.07) is 12.4. The smallest absolute Gasteiger partial charge is 0.223 e. The first kappa shape index (κ1) is 34.7. The number of terminal acetylenes is 1. The molecule has 1 aliphatic carbocycles. The number of aromatic nitrogens is 3. The Morgan fingerprint density at radius 2 is 1.59 bits per heavy atom. The number of aryl methyl sites for hydroxylation is 1. The molecule has 9 heteroatoms. The third-order valence-electron chi connectivity index (χ3n) is 13.1. The van der Waals surface area contributed by atoms with Gasteiger partial charge in [0.15, 0.2) is 0 Å². The van der Waals surface area contributed by atoms with Crippen molar-refractivity contribution in [1.29, 1.82) is 0 Å². The monoisotopic (exact) mass is 668 g/mol. The highest BCUT2D eigenvalue weighted by Crippen LogP contribution is 2.57. The fourth-order valence-electron chi connectivity index (χ4n) is 10.1. The van der Waals surface area contributed by atoms with Crippen molar-refractivity contribution in [2.75, 3.05) is 58.9 Å². The molecule has 7 rings (SSSR count). The molecule has 1 aromatic carbocycles. The molecule has 4 aliphatic heterocycles. The van der Waals surface area contributed by atoms with E-state index in [1.807, 2.05) is 0 Å². The Bertz CT molecular complexity index is 1400. The minimum Gasteiger partial charge on any atom is -0.343 e. The number of hydrogen-bond acceptors (Lipinski definition) is 7. The number of fused-ring (bicyclic) bond motifs is 2. The van der Waals surface area contributed by atoms with E-state index in [1.165, 1.54) is 56.3 Å². The molecule has 1 spiro atoms. The molecule has 4 saturated heterocycles. The van der Waals surface area contributed by atoms with Gasteiger partial charge in [-0.1, -0.05) is 30.3 Å². The number of amides is 1. The van der Waals surface area contributed by atoms with Gasteiger partial charge in [0, 0.05) is 95.3 Å². The van der Waals surface area contributed by atoms with Gasteiger partial charge in [-0.2, -0.15) is 0 Å². The summed E-state index contributed by atoms with van der Waals surface area (Å²) in [4.78, 5) is 23.2. The van der Waals surface area contributed by atoms with E-state index in [9.17, 15) is 4.79 Å². The third-order valence-corrected chi connectivity index (χ3v) is 13.1. The molecule has 9 nitrogen and oxygen atoms in total. The summed E-state index contributed by atoms with van der Waals surface area (Å²) in [5, 5.41) is 9.46. The highest BCUT2D eigenvalue weighted by atomic mass is 16.2. The second kappa shape index (κ2) is 15.6. The fraction of sp³-hybridized carbons (Fsp3) is 0.725. The average molecular weight is 669 g/mol. The number of piperazine rings is 1. The molecule has 1 aromatic heterocycles. The van der Waals surface area contributed by atoms with Crippen LogP contribution in [0.3, 0.4) is 0 Å². The molecule has 49 heavy (non-hydrogen) atoms. The van der Waals surface area contributed by atoms with Crippen molar-refractivity contribution in [1.82, 2.24) is 34.4 Å². The second-order valence-electron chi connectivity index (χ2n) is 16.1. The van der Waals surface area contributed by atoms with E-state index in [-0.39, 0.29) is 6.04 Å². The summed E-state index contributed by atoms with van der Waals surface area (Å²) in [6.45, 7) is 11.5. The number of nitrogens with two attached hydrogens (primary N) is 1. The number of piperidine rings is 2. The lowest BCUT2D eigenvalue weighted by molar-refractivity contribution is -0.135. The largest absolute Gasteiger partial charge is 0.343 e. The molecule has 2 N–H and O–H groups in total. The lowest BCUT2D eigenvalue weighted by Gasteiger charge is -2.52. The Balaban J connectivity index is 0.844. The maximum atomic E-state index is 13.2.